The summed E-state index contributed by atoms with van der Waals surface area (Å²) in [5, 5.41) is 19.8. The second kappa shape index (κ2) is 4.86. The molecule has 0 radical (unpaired) electrons. The van der Waals surface area contributed by atoms with Crippen LogP contribution in [0.25, 0.3) is 0 Å². The van der Waals surface area contributed by atoms with Crippen molar-refractivity contribution in [3.05, 3.63) is 44.1 Å². The number of nitro groups is 2. The van der Waals surface area contributed by atoms with E-state index in [2.05, 4.69) is 0 Å². The Morgan fingerprint density at radius 3 is 1.62 bits per heavy atom. The summed E-state index contributed by atoms with van der Waals surface area (Å²) in [6, 6.07) is 0. The Kier molecular flexibility index (Phi) is 4.14. The first-order valence-corrected chi connectivity index (χ1v) is 3.23. The molecule has 0 aromatic carbocycles. The smallest absolute Gasteiger partial charge is 0.272 e. The molecule has 0 aliphatic heterocycles. The van der Waals surface area contributed by atoms with Crippen molar-refractivity contribution in [3.63, 3.8) is 0 Å². The summed E-state index contributed by atoms with van der Waals surface area (Å²) in [5.41, 5.74) is 0. The fourth-order valence-corrected chi connectivity index (χ4v) is 0.604. The molecule has 72 valence electrons. The number of hydrogen-bond acceptors (Lipinski definition) is 5. The van der Waals surface area contributed by atoms with Gasteiger partial charge in [0.1, 0.15) is 0 Å². The van der Waals surface area contributed by atoms with Crippen LogP contribution in [-0.2, 0) is 4.74 Å². The zero-order valence-corrected chi connectivity index (χ0v) is 7.09. The van der Waals surface area contributed by atoms with Gasteiger partial charge in [-0.3, -0.25) is 20.2 Å². The van der Waals surface area contributed by atoms with Gasteiger partial charge in [-0.05, 0) is 0 Å². The van der Waals surface area contributed by atoms with Gasteiger partial charge in [-0.2, -0.15) is 0 Å². The average molecular weight is 188 g/mol. The van der Waals surface area contributed by atoms with Crippen LogP contribution in [0.4, 0.5) is 0 Å². The third-order valence-electron chi connectivity index (χ3n) is 0.896. The van der Waals surface area contributed by atoms with Crippen LogP contribution >= 0.6 is 0 Å². The van der Waals surface area contributed by atoms with Gasteiger partial charge >= 0.3 is 0 Å². The number of ether oxygens (including phenoxy) is 1. The van der Waals surface area contributed by atoms with Gasteiger partial charge in [0.25, 0.3) is 12.4 Å². The van der Waals surface area contributed by atoms with Gasteiger partial charge in [-0.15, -0.1) is 0 Å². The molecule has 13 heavy (non-hydrogen) atoms. The van der Waals surface area contributed by atoms with E-state index in [1.807, 2.05) is 0 Å². The van der Waals surface area contributed by atoms with Crippen molar-refractivity contribution in [1.29, 1.82) is 0 Å². The third-order valence-corrected chi connectivity index (χ3v) is 0.896. The van der Waals surface area contributed by atoms with Crippen molar-refractivity contribution in [2.75, 3.05) is 0 Å². The van der Waals surface area contributed by atoms with E-state index in [1.54, 1.807) is 0 Å². The zero-order chi connectivity index (χ0) is 10.4. The number of rotatable bonds is 4. The van der Waals surface area contributed by atoms with Gasteiger partial charge in [-0.1, -0.05) is 0 Å². The molecule has 0 aliphatic rings. The van der Waals surface area contributed by atoms with E-state index in [1.165, 1.54) is 13.8 Å². The van der Waals surface area contributed by atoms with E-state index in [0.29, 0.717) is 12.4 Å². The minimum Gasteiger partial charge on any atom is -0.454 e. The van der Waals surface area contributed by atoms with Crippen LogP contribution in [0.2, 0.25) is 0 Å². The fraction of sp³-hybridized carbons (Fsp3) is 0.333. The maximum atomic E-state index is 9.91. The predicted octanol–water partition coefficient (Wildman–Crippen LogP) is 1.28. The molecule has 0 amide bonds. The number of nitrogens with zero attached hydrogens (tertiary/aromatic N) is 2. The molecule has 7 heteroatoms. The molecule has 0 atom stereocenters. The van der Waals surface area contributed by atoms with E-state index >= 15 is 0 Å². The molecule has 0 aliphatic carbocycles. The molecule has 0 heterocycles. The van der Waals surface area contributed by atoms with Crippen molar-refractivity contribution in [2.45, 2.75) is 13.8 Å². The molecule has 0 aromatic heterocycles. The van der Waals surface area contributed by atoms with Crippen molar-refractivity contribution in [2.24, 2.45) is 0 Å². The molecule has 0 aromatic rings. The second-order valence-electron chi connectivity index (χ2n) is 2.15. The van der Waals surface area contributed by atoms with Gasteiger partial charge in [0.15, 0.2) is 11.5 Å². The molecule has 0 rings (SSSR count). The van der Waals surface area contributed by atoms with Crippen molar-refractivity contribution in [1.82, 2.24) is 0 Å². The molecule has 0 N–H and O–H groups in total. The Morgan fingerprint density at radius 1 is 1.08 bits per heavy atom. The lowest BCUT2D eigenvalue weighted by molar-refractivity contribution is -0.407. The van der Waals surface area contributed by atoms with Crippen LogP contribution < -0.4 is 0 Å². The number of hydrogen-bond donors (Lipinski definition) is 0. The van der Waals surface area contributed by atoms with Crippen LogP contribution in [0, 0.1) is 20.2 Å². The normalized spacial score (nSPS) is 12.5. The van der Waals surface area contributed by atoms with Crippen molar-refractivity contribution < 1.29 is 14.6 Å². The highest BCUT2D eigenvalue weighted by Gasteiger charge is 2.01. The van der Waals surface area contributed by atoms with Crippen molar-refractivity contribution >= 4 is 0 Å². The summed E-state index contributed by atoms with van der Waals surface area (Å²) in [4.78, 5) is 18.4. The predicted molar refractivity (Wildman–Crippen MR) is 42.6 cm³/mol. The lowest BCUT2D eigenvalue weighted by Gasteiger charge is -1.99. The Balaban J connectivity index is 4.29. The summed E-state index contributed by atoms with van der Waals surface area (Å²) in [5.74, 6) is -0.0267. The van der Waals surface area contributed by atoms with E-state index in [-0.39, 0.29) is 11.5 Å². The van der Waals surface area contributed by atoms with Crippen LogP contribution in [0.3, 0.4) is 0 Å². The maximum absolute atomic E-state index is 9.91. The Bertz CT molecular complexity index is 253. The van der Waals surface area contributed by atoms with Crippen LogP contribution in [0.1, 0.15) is 13.8 Å². The molecule has 0 fully saturated rings. The molecule has 0 saturated heterocycles. The highest BCUT2D eigenvalue weighted by Crippen LogP contribution is 2.04. The van der Waals surface area contributed by atoms with Crippen LogP contribution in [0.15, 0.2) is 23.9 Å². The molecule has 0 spiro atoms. The highest BCUT2D eigenvalue weighted by atomic mass is 16.6. The monoisotopic (exact) mass is 188 g/mol. The maximum Gasteiger partial charge on any atom is 0.272 e. The number of allylic oxidation sites excluding steroid dienone is 2. The summed E-state index contributed by atoms with van der Waals surface area (Å²) in [7, 11) is 0. The van der Waals surface area contributed by atoms with Gasteiger partial charge < -0.3 is 4.74 Å². The Morgan fingerprint density at radius 2 is 1.38 bits per heavy atom. The fourth-order valence-electron chi connectivity index (χ4n) is 0.604. The molecule has 7 nitrogen and oxygen atoms in total. The molecule has 0 bridgehead atoms. The van der Waals surface area contributed by atoms with Gasteiger partial charge in [0.2, 0.25) is 0 Å². The first kappa shape index (κ1) is 11.1. The van der Waals surface area contributed by atoms with E-state index in [4.69, 9.17) is 4.74 Å². The molecular weight excluding hydrogens is 180 g/mol. The summed E-state index contributed by atoms with van der Waals surface area (Å²) in [6.07, 6.45) is 1.24. The van der Waals surface area contributed by atoms with E-state index in [9.17, 15) is 20.2 Å². The van der Waals surface area contributed by atoms with E-state index in [0.717, 1.165) is 0 Å². The van der Waals surface area contributed by atoms with Gasteiger partial charge in [0, 0.05) is 13.8 Å². The van der Waals surface area contributed by atoms with Crippen LogP contribution in [-0.4, -0.2) is 9.85 Å². The first-order valence-electron chi connectivity index (χ1n) is 3.23. The Labute approximate surface area is 73.6 Å². The second-order valence-corrected chi connectivity index (χ2v) is 2.15. The van der Waals surface area contributed by atoms with Gasteiger partial charge in [0.05, 0.1) is 9.85 Å². The average Bonchev–Trinajstić information content (AvgIpc) is 1.80. The van der Waals surface area contributed by atoms with E-state index < -0.39 is 9.85 Å². The summed E-state index contributed by atoms with van der Waals surface area (Å²) < 4.78 is 4.71. The lowest BCUT2D eigenvalue weighted by Crippen LogP contribution is -1.94. The largest absolute Gasteiger partial charge is 0.454 e. The topological polar surface area (TPSA) is 95.5 Å². The molecule has 0 unspecified atom stereocenters. The first-order chi connectivity index (χ1) is 5.91. The lowest BCUT2D eigenvalue weighted by atomic mass is 10.5. The molecular formula is C6H8N2O5. The minimum atomic E-state index is -0.700. The van der Waals surface area contributed by atoms with Gasteiger partial charge in [-0.25, -0.2) is 0 Å². The van der Waals surface area contributed by atoms with Crippen molar-refractivity contribution in [3.8, 4) is 0 Å². The minimum absolute atomic E-state index is 0.0133. The summed E-state index contributed by atoms with van der Waals surface area (Å²) >= 11 is 0. The standard InChI is InChI=1S/C6H8N2O5/c1-5(3-7(9)10)13-6(2)4-8(11)12/h3-4H,1-2H3/b5-3-,6-4-. The molecule has 0 saturated carbocycles. The quantitative estimate of drug-likeness (QED) is 0.376. The van der Waals surface area contributed by atoms with Crippen LogP contribution in [0.5, 0.6) is 0 Å². The Hall–Kier alpha value is -1.92. The SMILES string of the molecule is C/C(=C/[N+](=O)[O-])O/C(C)=C\[N+](=O)[O-]. The third kappa shape index (κ3) is 6.48. The zero-order valence-electron chi connectivity index (χ0n) is 7.09. The summed E-state index contributed by atoms with van der Waals surface area (Å²) in [6.45, 7) is 2.67. The highest BCUT2D eigenvalue weighted by molar-refractivity contribution is 4.91.